The number of benzene rings is 1. The molecule has 3 heterocycles. The molecule has 2 fully saturated rings. The number of likely N-dealkylation sites (tertiary alicyclic amines) is 1. The standard InChI is InChI=1S/C20H27BN2O6S/c1-28-14-4-3-13-9-15(21(27)29-18(13)17(14)19(25)26)30-10-16(24)23-8-6-20(12-23)5-2-7-22-11-20/h3-4,15,22,27H,2,5-12H2,1H3,(H,25,26)/t15-,20?/m0/s1. The zero-order valence-corrected chi connectivity index (χ0v) is 17.9. The number of piperidine rings is 1. The fourth-order valence-electron chi connectivity index (χ4n) is 4.73. The number of rotatable bonds is 5. The third-order valence-corrected chi connectivity index (χ3v) is 7.63. The van der Waals surface area contributed by atoms with Crippen molar-refractivity contribution < 1.29 is 29.1 Å². The summed E-state index contributed by atoms with van der Waals surface area (Å²) in [4.78, 5) is 26.3. The smallest absolute Gasteiger partial charge is 0.534 e. The molecule has 8 nitrogen and oxygen atoms in total. The van der Waals surface area contributed by atoms with Crippen LogP contribution in [-0.2, 0) is 11.2 Å². The number of carbonyl (C=O) groups excluding carboxylic acids is 1. The summed E-state index contributed by atoms with van der Waals surface area (Å²) in [5, 5.41) is 23.1. The van der Waals surface area contributed by atoms with Gasteiger partial charge in [0.2, 0.25) is 5.91 Å². The van der Waals surface area contributed by atoms with Gasteiger partial charge in [0.1, 0.15) is 17.1 Å². The van der Waals surface area contributed by atoms with Crippen molar-refractivity contribution in [3.63, 3.8) is 0 Å². The summed E-state index contributed by atoms with van der Waals surface area (Å²) in [7, 11) is 0.205. The number of nitrogens with one attached hydrogen (secondary N) is 1. The Morgan fingerprint density at radius 1 is 1.43 bits per heavy atom. The van der Waals surface area contributed by atoms with Gasteiger partial charge in [0.25, 0.3) is 0 Å². The third-order valence-electron chi connectivity index (χ3n) is 6.39. The summed E-state index contributed by atoms with van der Waals surface area (Å²) in [6.07, 6.45) is 3.79. The van der Waals surface area contributed by atoms with Crippen molar-refractivity contribution in [1.82, 2.24) is 10.2 Å². The Labute approximate surface area is 180 Å². The Kier molecular flexibility index (Phi) is 6.17. The summed E-state index contributed by atoms with van der Waals surface area (Å²) in [6, 6.07) is 3.35. The fourth-order valence-corrected chi connectivity index (χ4v) is 5.78. The van der Waals surface area contributed by atoms with E-state index in [1.807, 2.05) is 4.90 Å². The molecule has 0 radical (unpaired) electrons. The zero-order chi connectivity index (χ0) is 21.3. The highest BCUT2D eigenvalue weighted by molar-refractivity contribution is 8.01. The average molecular weight is 434 g/mol. The van der Waals surface area contributed by atoms with E-state index >= 15 is 0 Å². The Hall–Kier alpha value is -1.91. The number of aromatic carboxylic acids is 1. The van der Waals surface area contributed by atoms with E-state index in [0.29, 0.717) is 12.0 Å². The van der Waals surface area contributed by atoms with E-state index in [0.717, 1.165) is 45.4 Å². The van der Waals surface area contributed by atoms with E-state index in [2.05, 4.69) is 5.32 Å². The minimum absolute atomic E-state index is 0.0846. The molecular formula is C20H27BN2O6S. The van der Waals surface area contributed by atoms with Gasteiger partial charge >= 0.3 is 13.1 Å². The van der Waals surface area contributed by atoms with Crippen molar-refractivity contribution >= 4 is 30.8 Å². The van der Waals surface area contributed by atoms with Crippen LogP contribution < -0.4 is 14.7 Å². The van der Waals surface area contributed by atoms with Crippen molar-refractivity contribution in [2.24, 2.45) is 5.41 Å². The van der Waals surface area contributed by atoms with Crippen LogP contribution in [0.1, 0.15) is 35.2 Å². The van der Waals surface area contributed by atoms with E-state index in [-0.39, 0.29) is 39.3 Å². The average Bonchev–Trinajstić information content (AvgIpc) is 3.14. The molecule has 3 N–H and O–H groups in total. The topological polar surface area (TPSA) is 108 Å². The van der Waals surface area contributed by atoms with Gasteiger partial charge in [-0.15, -0.1) is 11.8 Å². The number of thioether (sulfide) groups is 1. The molecule has 1 amide bonds. The number of carboxylic acid groups (broad SMARTS) is 1. The molecule has 3 aliphatic rings. The van der Waals surface area contributed by atoms with Gasteiger partial charge in [0, 0.05) is 25.0 Å². The number of nitrogens with zero attached hydrogens (tertiary/aromatic N) is 1. The van der Waals surface area contributed by atoms with Crippen molar-refractivity contribution in [2.75, 3.05) is 39.0 Å². The van der Waals surface area contributed by atoms with Crippen LogP contribution in [0.2, 0.25) is 0 Å². The number of fused-ring (bicyclic) bond motifs is 1. The lowest BCUT2D eigenvalue weighted by Gasteiger charge is -2.33. The highest BCUT2D eigenvalue weighted by Crippen LogP contribution is 2.39. The molecule has 1 spiro atoms. The molecule has 30 heavy (non-hydrogen) atoms. The van der Waals surface area contributed by atoms with Crippen molar-refractivity contribution in [2.45, 2.75) is 30.8 Å². The van der Waals surface area contributed by atoms with Gasteiger partial charge in [-0.2, -0.15) is 0 Å². The second-order valence-electron chi connectivity index (χ2n) is 8.34. The predicted octanol–water partition coefficient (Wildman–Crippen LogP) is 1.05. The van der Waals surface area contributed by atoms with Gasteiger partial charge in [0.05, 0.1) is 18.0 Å². The lowest BCUT2D eigenvalue weighted by molar-refractivity contribution is -0.127. The van der Waals surface area contributed by atoms with Crippen LogP contribution in [0.3, 0.4) is 0 Å². The first-order chi connectivity index (χ1) is 14.4. The van der Waals surface area contributed by atoms with Crippen LogP contribution in [0.15, 0.2) is 12.1 Å². The van der Waals surface area contributed by atoms with Gasteiger partial charge < -0.3 is 29.7 Å². The highest BCUT2D eigenvalue weighted by atomic mass is 32.2. The number of amides is 1. The molecule has 1 unspecified atom stereocenters. The molecule has 2 atom stereocenters. The first kappa shape index (κ1) is 21.3. The number of carboxylic acids is 1. The largest absolute Gasteiger partial charge is 0.536 e. The van der Waals surface area contributed by atoms with E-state index in [1.165, 1.54) is 18.9 Å². The molecule has 162 valence electrons. The normalized spacial score (nSPS) is 25.7. The molecule has 0 aromatic heterocycles. The molecule has 0 bridgehead atoms. The Morgan fingerprint density at radius 3 is 2.97 bits per heavy atom. The summed E-state index contributed by atoms with van der Waals surface area (Å²) in [5.41, 5.74) is 0.825. The van der Waals surface area contributed by atoms with Crippen molar-refractivity contribution in [3.05, 3.63) is 23.3 Å². The van der Waals surface area contributed by atoms with Crippen LogP contribution >= 0.6 is 11.8 Å². The fraction of sp³-hybridized carbons (Fsp3) is 0.600. The maximum Gasteiger partial charge on any atom is 0.536 e. The molecule has 0 saturated carbocycles. The Bertz CT molecular complexity index is 832. The maximum absolute atomic E-state index is 12.8. The number of hydrogen-bond acceptors (Lipinski definition) is 7. The van der Waals surface area contributed by atoms with Gasteiger partial charge in [-0.25, -0.2) is 4.79 Å². The van der Waals surface area contributed by atoms with E-state index in [1.54, 1.807) is 12.1 Å². The van der Waals surface area contributed by atoms with Crippen LogP contribution in [0.25, 0.3) is 0 Å². The van der Waals surface area contributed by atoms with Crippen LogP contribution in [-0.4, -0.2) is 78.2 Å². The molecular weight excluding hydrogens is 407 g/mol. The van der Waals surface area contributed by atoms with E-state index in [4.69, 9.17) is 9.39 Å². The molecule has 1 aromatic carbocycles. The summed E-state index contributed by atoms with van der Waals surface area (Å²) < 4.78 is 10.7. The van der Waals surface area contributed by atoms with Crippen LogP contribution in [0, 0.1) is 5.41 Å². The van der Waals surface area contributed by atoms with Gasteiger partial charge in [-0.05, 0) is 43.9 Å². The van der Waals surface area contributed by atoms with Gasteiger partial charge in [-0.3, -0.25) is 4.79 Å². The third kappa shape index (κ3) is 4.13. The van der Waals surface area contributed by atoms with Crippen LogP contribution in [0.4, 0.5) is 0 Å². The number of methoxy groups -OCH3 is 1. The highest BCUT2D eigenvalue weighted by Gasteiger charge is 2.42. The summed E-state index contributed by atoms with van der Waals surface area (Å²) >= 11 is 1.36. The van der Waals surface area contributed by atoms with Gasteiger partial charge in [0.15, 0.2) is 0 Å². The van der Waals surface area contributed by atoms with Crippen molar-refractivity contribution in [3.8, 4) is 11.5 Å². The predicted molar refractivity (Wildman–Crippen MR) is 114 cm³/mol. The lowest BCUT2D eigenvalue weighted by atomic mass is 9.77. The molecule has 1 aromatic rings. The summed E-state index contributed by atoms with van der Waals surface area (Å²) in [6.45, 7) is 3.62. The van der Waals surface area contributed by atoms with Crippen molar-refractivity contribution in [1.29, 1.82) is 0 Å². The van der Waals surface area contributed by atoms with Crippen LogP contribution in [0.5, 0.6) is 11.5 Å². The Balaban J connectivity index is 1.38. The minimum Gasteiger partial charge on any atom is -0.534 e. The lowest BCUT2D eigenvalue weighted by Crippen LogP contribution is -2.44. The molecule has 0 aliphatic carbocycles. The molecule has 10 heteroatoms. The SMILES string of the molecule is COc1ccc2c(c1C(=O)O)OB(O)[C@@H](SCC(=O)N1CCC3(CCCNC3)C1)C2. The second kappa shape index (κ2) is 8.68. The maximum atomic E-state index is 12.8. The number of ether oxygens (including phenoxy) is 1. The summed E-state index contributed by atoms with van der Waals surface area (Å²) in [5.74, 6) is -0.483. The first-order valence-electron chi connectivity index (χ1n) is 10.3. The first-order valence-corrected chi connectivity index (χ1v) is 11.4. The van der Waals surface area contributed by atoms with E-state index in [9.17, 15) is 19.7 Å². The monoisotopic (exact) mass is 434 g/mol. The number of carbonyl (C=O) groups is 2. The molecule has 3 aliphatic heterocycles. The Morgan fingerprint density at radius 2 is 2.27 bits per heavy atom. The number of hydrogen-bond donors (Lipinski definition) is 3. The van der Waals surface area contributed by atoms with Gasteiger partial charge in [-0.1, -0.05) is 6.07 Å². The molecule has 4 rings (SSSR count). The zero-order valence-electron chi connectivity index (χ0n) is 17.1. The molecule has 2 saturated heterocycles. The quantitative estimate of drug-likeness (QED) is 0.591. The second-order valence-corrected chi connectivity index (χ2v) is 9.57. The van der Waals surface area contributed by atoms with E-state index < -0.39 is 13.1 Å². The minimum atomic E-state index is -1.19.